The van der Waals surface area contributed by atoms with Gasteiger partial charge in [0.2, 0.25) is 0 Å². The van der Waals surface area contributed by atoms with Crippen molar-refractivity contribution in [2.24, 2.45) is 5.92 Å². The number of carbonyl (C=O) groups is 1. The highest BCUT2D eigenvalue weighted by Crippen LogP contribution is 2.32. The summed E-state index contributed by atoms with van der Waals surface area (Å²) in [4.78, 5) is 21.0. The summed E-state index contributed by atoms with van der Waals surface area (Å²) in [7, 11) is -1.25. The van der Waals surface area contributed by atoms with Gasteiger partial charge in [-0.25, -0.2) is 18.4 Å². The van der Waals surface area contributed by atoms with Crippen LogP contribution in [0.25, 0.3) is 11.0 Å². The van der Waals surface area contributed by atoms with Gasteiger partial charge in [0.15, 0.2) is 11.6 Å². The number of fused-ring (bicyclic) bond motifs is 1. The van der Waals surface area contributed by atoms with Crippen LogP contribution in [0.5, 0.6) is 11.5 Å². The maximum absolute atomic E-state index is 14.7. The van der Waals surface area contributed by atoms with E-state index in [1.807, 2.05) is 0 Å². The Bertz CT molecular complexity index is 1590. The van der Waals surface area contributed by atoms with Crippen LogP contribution in [0.4, 0.5) is 27.5 Å². The number of nitrogens with zero attached hydrogens (tertiary/aromatic N) is 3. The molecule has 0 radical (unpaired) electrons. The van der Waals surface area contributed by atoms with Crippen molar-refractivity contribution >= 4 is 50.0 Å². The summed E-state index contributed by atoms with van der Waals surface area (Å²) in [6.45, 7) is 3.57. The average molecular weight is 554 g/mol. The Morgan fingerprint density at radius 3 is 2.13 bits per heavy atom. The zero-order valence-corrected chi connectivity index (χ0v) is 22.6. The molecule has 3 aromatic carbocycles. The smallest absolute Gasteiger partial charge is 0.263 e. The van der Waals surface area contributed by atoms with Crippen molar-refractivity contribution < 1.29 is 27.2 Å². The number of benzene rings is 3. The molecular weight excluding hydrogens is 525 g/mol. The normalized spacial score (nSPS) is 11.3. The first kappa shape index (κ1) is 27.6. The standard InChI is InChI=1S/C27H28FN5O5S/c1-17(2)12-25(34)33(28)19-8-7-9-22(15-19)39(35,36)32-27-26(30-23-10-5-6-11-24(23)31-27)29-18-13-20(37-3)16-21(14-18)38-4/h5-11,13-17H,12H2,1-4H3,(H,29,30)(H,31,32). The fourth-order valence-corrected chi connectivity index (χ4v) is 4.76. The second-order valence-electron chi connectivity index (χ2n) is 9.01. The van der Waals surface area contributed by atoms with Crippen LogP contribution in [0.3, 0.4) is 0 Å². The number of rotatable bonds is 10. The van der Waals surface area contributed by atoms with Gasteiger partial charge in [-0.15, -0.1) is 5.12 Å². The molecule has 1 heterocycles. The van der Waals surface area contributed by atoms with E-state index in [4.69, 9.17) is 9.47 Å². The summed E-state index contributed by atoms with van der Waals surface area (Å²) in [5.74, 6) is 0.205. The lowest BCUT2D eigenvalue weighted by Gasteiger charge is -2.16. The molecule has 204 valence electrons. The van der Waals surface area contributed by atoms with Crippen LogP contribution >= 0.6 is 0 Å². The maximum Gasteiger partial charge on any atom is 0.263 e. The fraction of sp³-hybridized carbons (Fsp3) is 0.222. The predicted octanol–water partition coefficient (Wildman–Crippen LogP) is 5.46. The molecule has 1 amide bonds. The van der Waals surface area contributed by atoms with Crippen LogP contribution < -0.4 is 24.6 Å². The number of ether oxygens (including phenoxy) is 2. The van der Waals surface area contributed by atoms with E-state index in [-0.39, 0.29) is 39.7 Å². The Morgan fingerprint density at radius 2 is 1.54 bits per heavy atom. The SMILES string of the molecule is COc1cc(Nc2nc3ccccc3nc2NS(=O)(=O)c2cccc(N(F)C(=O)CC(C)C)c2)cc(OC)c1. The van der Waals surface area contributed by atoms with Gasteiger partial charge in [0.25, 0.3) is 15.9 Å². The molecule has 1 aromatic heterocycles. The Balaban J connectivity index is 1.72. The molecule has 39 heavy (non-hydrogen) atoms. The third-order valence-electron chi connectivity index (χ3n) is 5.57. The van der Waals surface area contributed by atoms with Crippen LogP contribution in [0, 0.1) is 5.92 Å². The van der Waals surface area contributed by atoms with Gasteiger partial charge in [-0.2, -0.15) is 0 Å². The minimum Gasteiger partial charge on any atom is -0.497 e. The van der Waals surface area contributed by atoms with E-state index in [2.05, 4.69) is 20.0 Å². The van der Waals surface area contributed by atoms with Crippen LogP contribution in [-0.4, -0.2) is 38.5 Å². The first-order valence-electron chi connectivity index (χ1n) is 12.0. The number of halogens is 1. The van der Waals surface area contributed by atoms with Crippen LogP contribution in [0.1, 0.15) is 20.3 Å². The summed E-state index contributed by atoms with van der Waals surface area (Å²) >= 11 is 0. The average Bonchev–Trinajstić information content (AvgIpc) is 2.92. The van der Waals surface area contributed by atoms with E-state index in [0.29, 0.717) is 28.2 Å². The van der Waals surface area contributed by atoms with Gasteiger partial charge in [0, 0.05) is 30.3 Å². The predicted molar refractivity (Wildman–Crippen MR) is 148 cm³/mol. The molecule has 0 saturated carbocycles. The maximum atomic E-state index is 14.7. The number of methoxy groups -OCH3 is 2. The molecule has 0 bridgehead atoms. The number of hydrogen-bond donors (Lipinski definition) is 2. The van der Waals surface area contributed by atoms with Gasteiger partial charge in [0.1, 0.15) is 11.5 Å². The highest BCUT2D eigenvalue weighted by molar-refractivity contribution is 7.92. The first-order valence-corrected chi connectivity index (χ1v) is 13.5. The quantitative estimate of drug-likeness (QED) is 0.249. The van der Waals surface area contributed by atoms with Crippen LogP contribution in [0.15, 0.2) is 71.6 Å². The number of carbonyl (C=O) groups excluding carboxylic acids is 1. The Morgan fingerprint density at radius 1 is 0.923 bits per heavy atom. The molecule has 2 N–H and O–H groups in total. The van der Waals surface area contributed by atoms with E-state index in [1.54, 1.807) is 56.3 Å². The van der Waals surface area contributed by atoms with E-state index < -0.39 is 15.9 Å². The third-order valence-corrected chi connectivity index (χ3v) is 6.91. The van der Waals surface area contributed by atoms with Crippen molar-refractivity contribution in [3.63, 3.8) is 0 Å². The van der Waals surface area contributed by atoms with Gasteiger partial charge in [-0.3, -0.25) is 9.52 Å². The van der Waals surface area contributed by atoms with Gasteiger partial charge < -0.3 is 14.8 Å². The van der Waals surface area contributed by atoms with E-state index in [0.717, 1.165) is 6.07 Å². The summed E-state index contributed by atoms with van der Waals surface area (Å²) in [5.41, 5.74) is 1.29. The molecule has 4 aromatic rings. The molecule has 12 heteroatoms. The van der Waals surface area contributed by atoms with Crippen molar-refractivity contribution in [3.05, 3.63) is 66.7 Å². The molecule has 0 aliphatic heterocycles. The molecule has 0 aliphatic carbocycles. The monoisotopic (exact) mass is 553 g/mol. The number of sulfonamides is 1. The summed E-state index contributed by atoms with van der Waals surface area (Å²) < 4.78 is 54.6. The van der Waals surface area contributed by atoms with E-state index >= 15 is 0 Å². The fourth-order valence-electron chi connectivity index (χ4n) is 3.71. The van der Waals surface area contributed by atoms with Crippen LogP contribution in [-0.2, 0) is 14.8 Å². The van der Waals surface area contributed by atoms with Gasteiger partial charge >= 0.3 is 0 Å². The molecular formula is C27H28FN5O5S. The Hall–Kier alpha value is -4.45. The lowest BCUT2D eigenvalue weighted by molar-refractivity contribution is -0.122. The first-order chi connectivity index (χ1) is 18.6. The van der Waals surface area contributed by atoms with Crippen molar-refractivity contribution in [1.29, 1.82) is 0 Å². The zero-order valence-electron chi connectivity index (χ0n) is 21.8. The molecule has 4 rings (SSSR count). The van der Waals surface area contributed by atoms with Crippen molar-refractivity contribution in [2.75, 3.05) is 29.4 Å². The molecule has 0 atom stereocenters. The van der Waals surface area contributed by atoms with E-state index in [9.17, 15) is 17.7 Å². The number of nitrogens with one attached hydrogen (secondary N) is 2. The number of para-hydroxylation sites is 2. The highest BCUT2D eigenvalue weighted by Gasteiger charge is 2.23. The topological polar surface area (TPSA) is 123 Å². The lowest BCUT2D eigenvalue weighted by Crippen LogP contribution is -2.23. The lowest BCUT2D eigenvalue weighted by atomic mass is 10.1. The second-order valence-corrected chi connectivity index (χ2v) is 10.7. The van der Waals surface area contributed by atoms with Gasteiger partial charge in [-0.1, -0.05) is 36.5 Å². The molecule has 10 nitrogen and oxygen atoms in total. The van der Waals surface area contributed by atoms with Crippen molar-refractivity contribution in [1.82, 2.24) is 9.97 Å². The largest absolute Gasteiger partial charge is 0.497 e. The van der Waals surface area contributed by atoms with Gasteiger partial charge in [-0.05, 0) is 36.2 Å². The molecule has 0 unspecified atom stereocenters. The molecule has 0 aliphatic rings. The van der Waals surface area contributed by atoms with Crippen molar-refractivity contribution in [3.8, 4) is 11.5 Å². The van der Waals surface area contributed by atoms with Crippen LogP contribution in [0.2, 0.25) is 0 Å². The summed E-state index contributed by atoms with van der Waals surface area (Å²) in [6.07, 6.45) is -0.0253. The minimum absolute atomic E-state index is 0.0253. The van der Waals surface area contributed by atoms with Gasteiger partial charge in [0.05, 0.1) is 35.8 Å². The third kappa shape index (κ3) is 6.52. The Labute approximate surface area is 225 Å². The minimum atomic E-state index is -4.27. The summed E-state index contributed by atoms with van der Waals surface area (Å²) in [6, 6.07) is 17.1. The van der Waals surface area contributed by atoms with Crippen molar-refractivity contribution in [2.45, 2.75) is 25.2 Å². The number of hydrogen-bond acceptors (Lipinski definition) is 8. The highest BCUT2D eigenvalue weighted by atomic mass is 32.2. The summed E-state index contributed by atoms with van der Waals surface area (Å²) in [5, 5.41) is 3.03. The Kier molecular flexibility index (Phi) is 8.15. The number of amides is 1. The molecule has 0 fully saturated rings. The molecule has 0 spiro atoms. The van der Waals surface area contributed by atoms with E-state index in [1.165, 1.54) is 32.4 Å². The molecule has 0 saturated heterocycles. The zero-order chi connectivity index (χ0) is 28.2. The number of anilines is 4. The second kappa shape index (κ2) is 11.5. The number of aromatic nitrogens is 2.